The van der Waals surface area contributed by atoms with Crippen LogP contribution in [0.15, 0.2) is 24.3 Å². The molecule has 8 heteroatoms. The standard InChI is InChI=1S/C18H19F6NO/c1-2-3-4-5-9-14(26)12-10-15(18(22,23)24)25-16-11(12)7-6-8-13(16)17(19,20)21/h6-8,10,14,26H,2-5,9H2,1H3. The van der Waals surface area contributed by atoms with Crippen LogP contribution in [0.2, 0.25) is 0 Å². The number of nitrogens with zero attached hydrogens (tertiary/aromatic N) is 1. The third-order valence-electron chi connectivity index (χ3n) is 4.16. The number of hydrogen-bond donors (Lipinski definition) is 1. The Hall–Kier alpha value is -1.83. The molecule has 1 aromatic carbocycles. The molecule has 0 aliphatic heterocycles. The summed E-state index contributed by atoms with van der Waals surface area (Å²) in [6.07, 6.45) is -7.66. The largest absolute Gasteiger partial charge is 0.433 e. The highest BCUT2D eigenvalue weighted by atomic mass is 19.4. The topological polar surface area (TPSA) is 33.1 Å². The first-order valence-corrected chi connectivity index (χ1v) is 8.31. The van der Waals surface area contributed by atoms with Gasteiger partial charge >= 0.3 is 12.4 Å². The molecule has 0 radical (unpaired) electrons. The summed E-state index contributed by atoms with van der Waals surface area (Å²) in [5, 5.41) is 10.2. The van der Waals surface area contributed by atoms with Gasteiger partial charge < -0.3 is 5.11 Å². The summed E-state index contributed by atoms with van der Waals surface area (Å²) in [7, 11) is 0. The van der Waals surface area contributed by atoms with E-state index in [1.807, 2.05) is 6.92 Å². The van der Waals surface area contributed by atoms with Crippen molar-refractivity contribution in [3.63, 3.8) is 0 Å². The maximum Gasteiger partial charge on any atom is 0.433 e. The Balaban J connectivity index is 2.57. The molecule has 0 spiro atoms. The Morgan fingerprint density at radius 3 is 2.27 bits per heavy atom. The van der Waals surface area contributed by atoms with Crippen LogP contribution in [0.5, 0.6) is 0 Å². The van der Waals surface area contributed by atoms with Gasteiger partial charge in [0, 0.05) is 5.39 Å². The zero-order valence-electron chi connectivity index (χ0n) is 14.1. The zero-order valence-corrected chi connectivity index (χ0v) is 14.1. The van der Waals surface area contributed by atoms with E-state index in [4.69, 9.17) is 0 Å². The highest BCUT2D eigenvalue weighted by Crippen LogP contribution is 2.39. The van der Waals surface area contributed by atoms with Gasteiger partial charge in [0.05, 0.1) is 17.2 Å². The molecule has 0 saturated carbocycles. The van der Waals surface area contributed by atoms with E-state index >= 15 is 0 Å². The van der Waals surface area contributed by atoms with Gasteiger partial charge in [0.25, 0.3) is 0 Å². The molecule has 2 rings (SSSR count). The number of rotatable bonds is 6. The molecular weight excluding hydrogens is 360 g/mol. The van der Waals surface area contributed by atoms with Crippen LogP contribution < -0.4 is 0 Å². The van der Waals surface area contributed by atoms with Crippen molar-refractivity contribution in [2.45, 2.75) is 57.5 Å². The summed E-state index contributed by atoms with van der Waals surface area (Å²) < 4.78 is 78.9. The van der Waals surface area contributed by atoms with E-state index in [0.29, 0.717) is 18.6 Å². The number of hydrogen-bond acceptors (Lipinski definition) is 2. The van der Waals surface area contributed by atoms with E-state index in [0.717, 1.165) is 25.3 Å². The molecule has 0 saturated heterocycles. The van der Waals surface area contributed by atoms with Crippen LogP contribution in [-0.2, 0) is 12.4 Å². The Morgan fingerprint density at radius 1 is 1.00 bits per heavy atom. The van der Waals surface area contributed by atoms with Crippen LogP contribution in [0.25, 0.3) is 10.9 Å². The van der Waals surface area contributed by atoms with Crippen molar-refractivity contribution in [2.75, 3.05) is 0 Å². The minimum absolute atomic E-state index is 0.115. The SMILES string of the molecule is CCCCCCC(O)c1cc(C(F)(F)F)nc2c(C(F)(F)F)cccc12. The molecule has 0 fully saturated rings. The quantitative estimate of drug-likeness (QED) is 0.474. The van der Waals surface area contributed by atoms with Crippen LogP contribution >= 0.6 is 0 Å². The monoisotopic (exact) mass is 379 g/mol. The van der Waals surface area contributed by atoms with Crippen molar-refractivity contribution in [2.24, 2.45) is 0 Å². The van der Waals surface area contributed by atoms with Crippen LogP contribution in [0.1, 0.15) is 62.0 Å². The Bertz CT molecular complexity index is 754. The zero-order chi connectivity index (χ0) is 19.5. The molecule has 26 heavy (non-hydrogen) atoms. The molecule has 0 amide bonds. The highest BCUT2D eigenvalue weighted by Gasteiger charge is 2.37. The van der Waals surface area contributed by atoms with Crippen molar-refractivity contribution < 1.29 is 31.4 Å². The van der Waals surface area contributed by atoms with Gasteiger partial charge in [0.15, 0.2) is 0 Å². The lowest BCUT2D eigenvalue weighted by Crippen LogP contribution is -2.14. The van der Waals surface area contributed by atoms with Crippen molar-refractivity contribution in [3.8, 4) is 0 Å². The van der Waals surface area contributed by atoms with Gasteiger partial charge in [0.2, 0.25) is 0 Å². The van der Waals surface area contributed by atoms with Gasteiger partial charge in [-0.25, -0.2) is 4.98 Å². The third kappa shape index (κ3) is 4.66. The average molecular weight is 379 g/mol. The number of halogens is 6. The van der Waals surface area contributed by atoms with Crippen LogP contribution in [0.4, 0.5) is 26.3 Å². The fourth-order valence-electron chi connectivity index (χ4n) is 2.84. The molecule has 1 N–H and O–H groups in total. The molecule has 1 unspecified atom stereocenters. The number of alkyl halides is 6. The second-order valence-corrected chi connectivity index (χ2v) is 6.16. The minimum Gasteiger partial charge on any atom is -0.388 e. The molecule has 144 valence electrons. The smallest absolute Gasteiger partial charge is 0.388 e. The number of aliphatic hydroxyl groups excluding tert-OH is 1. The Labute approximate surface area is 146 Å². The van der Waals surface area contributed by atoms with Crippen molar-refractivity contribution >= 4 is 10.9 Å². The predicted octanol–water partition coefficient (Wildman–Crippen LogP) is 6.28. The molecule has 0 bridgehead atoms. The first-order valence-electron chi connectivity index (χ1n) is 8.31. The fourth-order valence-corrected chi connectivity index (χ4v) is 2.84. The molecule has 2 aromatic rings. The van der Waals surface area contributed by atoms with Crippen molar-refractivity contribution in [1.29, 1.82) is 0 Å². The number of aliphatic hydroxyl groups is 1. The van der Waals surface area contributed by atoms with E-state index < -0.39 is 35.2 Å². The first-order chi connectivity index (χ1) is 12.1. The predicted molar refractivity (Wildman–Crippen MR) is 85.5 cm³/mol. The summed E-state index contributed by atoms with van der Waals surface area (Å²) in [6, 6.07) is 3.69. The number of benzene rings is 1. The average Bonchev–Trinajstić information content (AvgIpc) is 2.55. The first kappa shape index (κ1) is 20.5. The van der Waals surface area contributed by atoms with Crippen molar-refractivity contribution in [3.05, 3.63) is 41.1 Å². The Kier molecular flexibility index (Phi) is 6.16. The Morgan fingerprint density at radius 2 is 1.69 bits per heavy atom. The lowest BCUT2D eigenvalue weighted by molar-refractivity contribution is -0.142. The summed E-state index contributed by atoms with van der Waals surface area (Å²) in [5.74, 6) is 0. The number of pyridine rings is 1. The maximum absolute atomic E-state index is 13.2. The lowest BCUT2D eigenvalue weighted by Gasteiger charge is -2.18. The van der Waals surface area contributed by atoms with Gasteiger partial charge in [-0.05, 0) is 24.1 Å². The molecule has 0 aliphatic carbocycles. The summed E-state index contributed by atoms with van der Waals surface area (Å²) >= 11 is 0. The molecule has 2 nitrogen and oxygen atoms in total. The second-order valence-electron chi connectivity index (χ2n) is 6.16. The normalized spacial score (nSPS) is 14.0. The molecular formula is C18H19F6NO. The van der Waals surface area contributed by atoms with E-state index in [2.05, 4.69) is 4.98 Å². The molecule has 1 heterocycles. The fraction of sp³-hybridized carbons (Fsp3) is 0.500. The summed E-state index contributed by atoms with van der Waals surface area (Å²) in [5.41, 5.74) is -3.66. The molecule has 1 atom stereocenters. The van der Waals surface area contributed by atoms with Gasteiger partial charge in [-0.3, -0.25) is 0 Å². The van der Waals surface area contributed by atoms with E-state index in [1.54, 1.807) is 0 Å². The van der Waals surface area contributed by atoms with Gasteiger partial charge in [0.1, 0.15) is 5.69 Å². The van der Waals surface area contributed by atoms with E-state index in [-0.39, 0.29) is 17.4 Å². The second kappa shape index (κ2) is 7.82. The summed E-state index contributed by atoms with van der Waals surface area (Å²) in [4.78, 5) is 3.21. The molecule has 1 aromatic heterocycles. The van der Waals surface area contributed by atoms with E-state index in [1.165, 1.54) is 6.07 Å². The van der Waals surface area contributed by atoms with Crippen LogP contribution in [0, 0.1) is 0 Å². The number of para-hydroxylation sites is 1. The minimum atomic E-state index is -4.91. The third-order valence-corrected chi connectivity index (χ3v) is 4.16. The van der Waals surface area contributed by atoms with Gasteiger partial charge in [-0.2, -0.15) is 26.3 Å². The summed E-state index contributed by atoms with van der Waals surface area (Å²) in [6.45, 7) is 1.99. The molecule has 0 aliphatic rings. The number of unbranched alkanes of at least 4 members (excludes halogenated alkanes) is 3. The number of aromatic nitrogens is 1. The highest BCUT2D eigenvalue weighted by molar-refractivity contribution is 5.86. The lowest BCUT2D eigenvalue weighted by atomic mass is 9.96. The number of fused-ring (bicyclic) bond motifs is 1. The van der Waals surface area contributed by atoms with Crippen molar-refractivity contribution in [1.82, 2.24) is 4.98 Å². The van der Waals surface area contributed by atoms with E-state index in [9.17, 15) is 31.4 Å². The van der Waals surface area contributed by atoms with Crippen LogP contribution in [-0.4, -0.2) is 10.1 Å². The van der Waals surface area contributed by atoms with Crippen LogP contribution in [0.3, 0.4) is 0 Å². The van der Waals surface area contributed by atoms with Gasteiger partial charge in [-0.15, -0.1) is 0 Å². The van der Waals surface area contributed by atoms with Gasteiger partial charge in [-0.1, -0.05) is 44.7 Å². The maximum atomic E-state index is 13.2.